The van der Waals surface area contributed by atoms with E-state index in [9.17, 15) is 25.0 Å². The molecule has 0 aliphatic rings. The van der Waals surface area contributed by atoms with Gasteiger partial charge in [-0.3, -0.25) is 20.2 Å². The summed E-state index contributed by atoms with van der Waals surface area (Å²) in [4.78, 5) is 40.5. The summed E-state index contributed by atoms with van der Waals surface area (Å²) in [5.41, 5.74) is -0.106. The summed E-state index contributed by atoms with van der Waals surface area (Å²) in [6, 6.07) is 11.0. The molecule has 0 amide bonds. The quantitative estimate of drug-likeness (QED) is 0.207. The molecule has 140 valence electrons. The third-order valence-electron chi connectivity index (χ3n) is 3.35. The van der Waals surface area contributed by atoms with Gasteiger partial charge in [-0.15, -0.1) is 0 Å². The van der Waals surface area contributed by atoms with Crippen LogP contribution < -0.4 is 4.74 Å². The van der Waals surface area contributed by atoms with Crippen molar-refractivity contribution in [3.8, 4) is 5.75 Å². The number of carbonyl (C=O) groups excluding carboxylic acids is 1. The highest BCUT2D eigenvalue weighted by Crippen LogP contribution is 2.29. The summed E-state index contributed by atoms with van der Waals surface area (Å²) in [5.74, 6) is -2.14. The first-order chi connectivity index (χ1) is 13.4. The first kappa shape index (κ1) is 18.4. The highest BCUT2D eigenvalue weighted by atomic mass is 16.7. The average molecular weight is 382 g/mol. The molecular weight excluding hydrogens is 372 g/mol. The zero-order valence-corrected chi connectivity index (χ0v) is 13.9. The van der Waals surface area contributed by atoms with Gasteiger partial charge in [0, 0.05) is 18.5 Å². The maximum atomic E-state index is 12.0. The number of nitro benzene ring substituents is 1. The van der Waals surface area contributed by atoms with Crippen LogP contribution in [-0.2, 0) is 0 Å². The van der Waals surface area contributed by atoms with E-state index in [1.165, 1.54) is 24.4 Å². The van der Waals surface area contributed by atoms with E-state index in [4.69, 9.17) is 9.15 Å². The summed E-state index contributed by atoms with van der Waals surface area (Å²) >= 11 is 0. The van der Waals surface area contributed by atoms with Crippen LogP contribution in [0.4, 0.5) is 17.4 Å². The second-order valence-electron chi connectivity index (χ2n) is 5.21. The van der Waals surface area contributed by atoms with E-state index in [1.807, 2.05) is 0 Å². The first-order valence-electron chi connectivity index (χ1n) is 7.64. The number of aliphatic imine (C=N–C) groups is 1. The predicted molar refractivity (Wildman–Crippen MR) is 94.9 cm³/mol. The molecule has 3 rings (SSSR count). The van der Waals surface area contributed by atoms with Crippen molar-refractivity contribution in [3.63, 3.8) is 0 Å². The van der Waals surface area contributed by atoms with Crippen LogP contribution in [-0.4, -0.2) is 27.0 Å². The van der Waals surface area contributed by atoms with Gasteiger partial charge in [0.15, 0.2) is 5.82 Å². The van der Waals surface area contributed by atoms with Gasteiger partial charge in [0.05, 0.1) is 11.0 Å². The van der Waals surface area contributed by atoms with Crippen LogP contribution in [0.3, 0.4) is 0 Å². The molecule has 3 aromatic rings. The zero-order valence-electron chi connectivity index (χ0n) is 13.9. The largest absolute Gasteiger partial charge is 0.433 e. The van der Waals surface area contributed by atoms with Crippen LogP contribution in [0.2, 0.25) is 0 Å². The highest BCUT2D eigenvalue weighted by molar-refractivity contribution is 5.89. The summed E-state index contributed by atoms with van der Waals surface area (Å²) < 4.78 is 9.67. The van der Waals surface area contributed by atoms with Gasteiger partial charge in [0.25, 0.3) is 0 Å². The van der Waals surface area contributed by atoms with E-state index in [-0.39, 0.29) is 5.75 Å². The number of rotatable bonds is 6. The summed E-state index contributed by atoms with van der Waals surface area (Å²) in [5, 5.41) is 21.9. The lowest BCUT2D eigenvalue weighted by Crippen LogP contribution is -2.09. The van der Waals surface area contributed by atoms with Gasteiger partial charge >= 0.3 is 17.5 Å². The van der Waals surface area contributed by atoms with E-state index >= 15 is 0 Å². The molecule has 0 atom stereocenters. The van der Waals surface area contributed by atoms with E-state index in [2.05, 4.69) is 9.98 Å². The molecule has 0 bridgehead atoms. The van der Waals surface area contributed by atoms with Crippen molar-refractivity contribution in [2.75, 3.05) is 0 Å². The van der Waals surface area contributed by atoms with Gasteiger partial charge in [0.1, 0.15) is 4.92 Å². The molecule has 11 nitrogen and oxygen atoms in total. The van der Waals surface area contributed by atoms with Crippen LogP contribution in [0, 0.1) is 20.2 Å². The van der Waals surface area contributed by atoms with Crippen molar-refractivity contribution in [3.05, 3.63) is 86.3 Å². The van der Waals surface area contributed by atoms with Crippen molar-refractivity contribution in [2.45, 2.75) is 0 Å². The number of aromatic nitrogens is 1. The number of furan rings is 1. The maximum absolute atomic E-state index is 12.0. The van der Waals surface area contributed by atoms with Crippen molar-refractivity contribution < 1.29 is 23.8 Å². The normalized spacial score (nSPS) is 10.7. The fraction of sp³-hybridized carbons (Fsp3) is 0. The minimum atomic E-state index is -1.11. The minimum Gasteiger partial charge on any atom is -0.413 e. The highest BCUT2D eigenvalue weighted by Gasteiger charge is 2.23. The second kappa shape index (κ2) is 7.86. The Balaban J connectivity index is 1.82. The number of carbonyl (C=O) groups is 1. The topological polar surface area (TPSA) is 151 Å². The van der Waals surface area contributed by atoms with Crippen molar-refractivity contribution in [1.82, 2.24) is 4.98 Å². The minimum absolute atomic E-state index is 0.343. The number of esters is 1. The predicted octanol–water partition coefficient (Wildman–Crippen LogP) is 3.46. The Hall–Kier alpha value is -4.41. The number of nitrogens with zero attached hydrogens (tertiary/aromatic N) is 4. The molecule has 11 heteroatoms. The van der Waals surface area contributed by atoms with Crippen LogP contribution in [0.1, 0.15) is 16.1 Å². The van der Waals surface area contributed by atoms with Gasteiger partial charge in [-0.2, -0.15) is 0 Å². The fourth-order valence-corrected chi connectivity index (χ4v) is 2.10. The molecule has 28 heavy (non-hydrogen) atoms. The van der Waals surface area contributed by atoms with Crippen LogP contribution in [0.25, 0.3) is 0 Å². The van der Waals surface area contributed by atoms with Crippen LogP contribution in [0.15, 0.2) is 64.1 Å². The molecule has 0 saturated heterocycles. The Kier molecular flexibility index (Phi) is 5.16. The number of benzene rings is 1. The number of pyridine rings is 1. The third kappa shape index (κ3) is 4.22. The van der Waals surface area contributed by atoms with Crippen LogP contribution in [0.5, 0.6) is 5.75 Å². The average Bonchev–Trinajstić information content (AvgIpc) is 3.18. The lowest BCUT2D eigenvalue weighted by Gasteiger charge is -2.04. The molecule has 0 saturated carbocycles. The second-order valence-corrected chi connectivity index (χ2v) is 5.21. The SMILES string of the molecule is O=C(Oc1ccc(C=Nc2ccccn2)cc1[N+](=O)[O-])c1ccc([N+](=O)[O-])o1. The first-order valence-corrected chi connectivity index (χ1v) is 7.64. The zero-order chi connectivity index (χ0) is 20.1. The Bertz CT molecular complexity index is 1080. The van der Waals surface area contributed by atoms with Gasteiger partial charge in [-0.25, -0.2) is 14.8 Å². The van der Waals surface area contributed by atoms with E-state index in [0.717, 1.165) is 12.1 Å². The lowest BCUT2D eigenvalue weighted by atomic mass is 10.2. The summed E-state index contributed by atoms with van der Waals surface area (Å²) in [7, 11) is 0. The summed E-state index contributed by atoms with van der Waals surface area (Å²) in [6.45, 7) is 0. The molecule has 2 heterocycles. The molecule has 0 aliphatic heterocycles. The summed E-state index contributed by atoms with van der Waals surface area (Å²) in [6.07, 6.45) is 2.92. The molecule has 1 aromatic carbocycles. The Morgan fingerprint density at radius 1 is 1.11 bits per heavy atom. The van der Waals surface area contributed by atoms with Gasteiger partial charge < -0.3 is 9.15 Å². The van der Waals surface area contributed by atoms with E-state index in [1.54, 1.807) is 24.4 Å². The number of nitro groups is 2. The van der Waals surface area contributed by atoms with Crippen molar-refractivity contribution >= 4 is 29.6 Å². The molecular formula is C17H10N4O7. The number of ether oxygens (including phenoxy) is 1. The van der Waals surface area contributed by atoms with Gasteiger partial charge in [-0.05, 0) is 35.9 Å². The molecule has 0 unspecified atom stereocenters. The third-order valence-corrected chi connectivity index (χ3v) is 3.35. The maximum Gasteiger partial charge on any atom is 0.433 e. The van der Waals surface area contributed by atoms with E-state index < -0.39 is 33.1 Å². The molecule has 0 fully saturated rings. The van der Waals surface area contributed by atoms with Gasteiger partial charge in [0.2, 0.25) is 11.5 Å². The van der Waals surface area contributed by atoms with Crippen molar-refractivity contribution in [1.29, 1.82) is 0 Å². The van der Waals surface area contributed by atoms with Gasteiger partial charge in [-0.1, -0.05) is 6.07 Å². The Morgan fingerprint density at radius 2 is 1.93 bits per heavy atom. The lowest BCUT2D eigenvalue weighted by molar-refractivity contribution is -0.402. The molecule has 0 aliphatic carbocycles. The molecule has 0 radical (unpaired) electrons. The molecule has 0 spiro atoms. The van der Waals surface area contributed by atoms with E-state index in [0.29, 0.717) is 11.4 Å². The van der Waals surface area contributed by atoms with Crippen molar-refractivity contribution in [2.24, 2.45) is 4.99 Å². The standard InChI is InChI=1S/C17H10N4O7/c22-17(14-6-7-16(27-14)21(25)26)28-13-5-4-11(9-12(13)20(23)24)10-19-15-3-1-2-8-18-15/h1-10H. The molecule has 0 N–H and O–H groups in total. The number of hydrogen-bond donors (Lipinski definition) is 0. The molecule has 2 aromatic heterocycles. The monoisotopic (exact) mass is 382 g/mol. The van der Waals surface area contributed by atoms with Crippen LogP contribution >= 0.6 is 0 Å². The fourth-order valence-electron chi connectivity index (χ4n) is 2.10. The smallest absolute Gasteiger partial charge is 0.413 e. The number of hydrogen-bond acceptors (Lipinski definition) is 9. The Labute approximate surface area is 156 Å². The Morgan fingerprint density at radius 3 is 2.57 bits per heavy atom.